The van der Waals surface area contributed by atoms with Crippen molar-refractivity contribution >= 4 is 12.1 Å². The Kier molecular flexibility index (Phi) is 5.91. The van der Waals surface area contributed by atoms with Crippen molar-refractivity contribution in [2.45, 2.75) is 45.6 Å². The molecule has 6 nitrogen and oxygen atoms in total. The van der Waals surface area contributed by atoms with Crippen molar-refractivity contribution in [2.24, 2.45) is 5.41 Å². The number of rotatable bonds is 4. The van der Waals surface area contributed by atoms with E-state index in [0.29, 0.717) is 32.4 Å². The van der Waals surface area contributed by atoms with E-state index in [-0.39, 0.29) is 6.09 Å². The lowest BCUT2D eigenvalue weighted by Gasteiger charge is -2.39. The zero-order valence-electron chi connectivity index (χ0n) is 17.2. The second-order valence-electron chi connectivity index (χ2n) is 8.62. The number of hydrogen-bond donors (Lipinski definition) is 1. The maximum Gasteiger partial charge on any atom is 0.410 e. The maximum atomic E-state index is 12.3. The highest BCUT2D eigenvalue weighted by Gasteiger charge is 2.43. The number of carboxylic acids is 1. The zero-order valence-corrected chi connectivity index (χ0v) is 17.2. The van der Waals surface area contributed by atoms with E-state index in [2.05, 4.69) is 4.98 Å². The maximum absolute atomic E-state index is 12.3. The van der Waals surface area contributed by atoms with Crippen LogP contribution in [-0.2, 0) is 16.0 Å². The Labute approximate surface area is 171 Å². The van der Waals surface area contributed by atoms with Crippen molar-refractivity contribution in [3.8, 4) is 11.1 Å². The van der Waals surface area contributed by atoms with Gasteiger partial charge in [-0.25, -0.2) is 4.79 Å². The van der Waals surface area contributed by atoms with Gasteiger partial charge in [0.15, 0.2) is 0 Å². The van der Waals surface area contributed by atoms with Gasteiger partial charge in [-0.05, 0) is 68.9 Å². The lowest BCUT2D eigenvalue weighted by Crippen LogP contribution is -2.48. The number of hydrogen-bond acceptors (Lipinski definition) is 4. The molecule has 1 fully saturated rings. The number of pyridine rings is 1. The van der Waals surface area contributed by atoms with Crippen LogP contribution in [0.15, 0.2) is 48.8 Å². The molecule has 1 aromatic heterocycles. The standard InChI is InChI=1S/C23H28N2O4/c1-22(2,3)29-21(28)25-14-10-23(11-15-25,20(26)27)16-18-6-4-5-7-19(18)17-8-12-24-13-9-17/h4-9,12-13H,10-11,14-16H2,1-3H3,(H,26,27). The third-order valence-corrected chi connectivity index (χ3v) is 5.36. The van der Waals surface area contributed by atoms with Crippen LogP contribution in [-0.4, -0.2) is 45.7 Å². The minimum absolute atomic E-state index is 0.374. The van der Waals surface area contributed by atoms with Gasteiger partial charge >= 0.3 is 12.1 Å². The number of nitrogens with zero attached hydrogens (tertiary/aromatic N) is 2. The van der Waals surface area contributed by atoms with Gasteiger partial charge in [-0.3, -0.25) is 9.78 Å². The normalized spacial score (nSPS) is 16.3. The van der Waals surface area contributed by atoms with Gasteiger partial charge in [0.05, 0.1) is 5.41 Å². The number of carbonyl (C=O) groups excluding carboxylic acids is 1. The molecule has 0 unspecified atom stereocenters. The fourth-order valence-electron chi connectivity index (χ4n) is 3.76. The predicted molar refractivity (Wildman–Crippen MR) is 110 cm³/mol. The number of piperidine rings is 1. The molecule has 0 aliphatic carbocycles. The first-order chi connectivity index (χ1) is 13.7. The summed E-state index contributed by atoms with van der Waals surface area (Å²) in [7, 11) is 0. The molecule has 0 bridgehead atoms. The summed E-state index contributed by atoms with van der Waals surface area (Å²) in [5.41, 5.74) is 1.56. The first-order valence-corrected chi connectivity index (χ1v) is 9.90. The highest BCUT2D eigenvalue weighted by molar-refractivity contribution is 5.77. The summed E-state index contributed by atoms with van der Waals surface area (Å²) in [5.74, 6) is -0.814. The van der Waals surface area contributed by atoms with E-state index in [0.717, 1.165) is 16.7 Å². The summed E-state index contributed by atoms with van der Waals surface area (Å²) in [5, 5.41) is 10.1. The number of benzene rings is 1. The molecule has 1 aromatic carbocycles. The highest BCUT2D eigenvalue weighted by atomic mass is 16.6. The van der Waals surface area contributed by atoms with E-state index in [1.807, 2.05) is 57.2 Å². The predicted octanol–water partition coefficient (Wildman–Crippen LogP) is 4.39. The van der Waals surface area contributed by atoms with E-state index < -0.39 is 17.0 Å². The van der Waals surface area contributed by atoms with Crippen molar-refractivity contribution in [3.63, 3.8) is 0 Å². The topological polar surface area (TPSA) is 79.7 Å². The summed E-state index contributed by atoms with van der Waals surface area (Å²) >= 11 is 0. The number of aromatic nitrogens is 1. The van der Waals surface area contributed by atoms with Crippen LogP contribution in [0, 0.1) is 5.41 Å². The van der Waals surface area contributed by atoms with Gasteiger partial charge in [0.2, 0.25) is 0 Å². The summed E-state index contributed by atoms with van der Waals surface area (Å²) in [6, 6.07) is 11.7. The Morgan fingerprint density at radius 1 is 1.10 bits per heavy atom. The molecule has 6 heteroatoms. The van der Waals surface area contributed by atoms with Gasteiger partial charge in [-0.15, -0.1) is 0 Å². The summed E-state index contributed by atoms with van der Waals surface area (Å²) in [6.45, 7) is 6.22. The third-order valence-electron chi connectivity index (χ3n) is 5.36. The SMILES string of the molecule is CC(C)(C)OC(=O)N1CCC(Cc2ccccc2-c2ccncc2)(C(=O)O)CC1. The molecule has 29 heavy (non-hydrogen) atoms. The first kappa shape index (κ1) is 20.8. The Bertz CT molecular complexity index is 866. The van der Waals surface area contributed by atoms with Gasteiger partial charge in [-0.2, -0.15) is 0 Å². The molecule has 1 aliphatic heterocycles. The highest BCUT2D eigenvalue weighted by Crippen LogP contribution is 2.38. The minimum atomic E-state index is -0.901. The Morgan fingerprint density at radius 3 is 2.31 bits per heavy atom. The zero-order chi connectivity index (χ0) is 21.1. The largest absolute Gasteiger partial charge is 0.481 e. The van der Waals surface area contributed by atoms with Crippen molar-refractivity contribution < 1.29 is 19.4 Å². The van der Waals surface area contributed by atoms with Gasteiger partial charge < -0.3 is 14.7 Å². The molecule has 2 heterocycles. The van der Waals surface area contributed by atoms with Crippen LogP contribution in [0.5, 0.6) is 0 Å². The van der Waals surface area contributed by atoms with Gasteiger partial charge in [-0.1, -0.05) is 24.3 Å². The van der Waals surface area contributed by atoms with Crippen molar-refractivity contribution in [1.29, 1.82) is 0 Å². The molecule has 2 aromatic rings. The molecule has 1 amide bonds. The molecule has 1 aliphatic rings. The number of carbonyl (C=O) groups is 2. The number of ether oxygens (including phenoxy) is 1. The van der Waals surface area contributed by atoms with E-state index in [1.54, 1.807) is 17.3 Å². The number of aliphatic carboxylic acids is 1. The minimum Gasteiger partial charge on any atom is -0.481 e. The lowest BCUT2D eigenvalue weighted by molar-refractivity contribution is -0.152. The van der Waals surface area contributed by atoms with Crippen LogP contribution in [0.4, 0.5) is 4.79 Å². The fraction of sp³-hybridized carbons (Fsp3) is 0.435. The second kappa shape index (κ2) is 8.23. The molecule has 0 saturated carbocycles. The second-order valence-corrected chi connectivity index (χ2v) is 8.62. The van der Waals surface area contributed by atoms with E-state index in [1.165, 1.54) is 0 Å². The van der Waals surface area contributed by atoms with Crippen LogP contribution in [0.3, 0.4) is 0 Å². The number of likely N-dealkylation sites (tertiary alicyclic amines) is 1. The third kappa shape index (κ3) is 4.94. The van der Waals surface area contributed by atoms with Gasteiger partial charge in [0.1, 0.15) is 5.60 Å². The smallest absolute Gasteiger partial charge is 0.410 e. The van der Waals surface area contributed by atoms with E-state index >= 15 is 0 Å². The molecule has 1 saturated heterocycles. The van der Waals surface area contributed by atoms with Gasteiger partial charge in [0.25, 0.3) is 0 Å². The summed E-state index contributed by atoms with van der Waals surface area (Å²) < 4.78 is 5.43. The van der Waals surface area contributed by atoms with Crippen LogP contribution in [0.1, 0.15) is 39.2 Å². The molecule has 3 rings (SSSR count). The number of amides is 1. The first-order valence-electron chi connectivity index (χ1n) is 9.90. The van der Waals surface area contributed by atoms with E-state index in [4.69, 9.17) is 4.74 Å². The van der Waals surface area contributed by atoms with Crippen LogP contribution >= 0.6 is 0 Å². The number of carboxylic acid groups (broad SMARTS) is 1. The quantitative estimate of drug-likeness (QED) is 0.829. The monoisotopic (exact) mass is 396 g/mol. The van der Waals surface area contributed by atoms with Crippen LogP contribution in [0.2, 0.25) is 0 Å². The van der Waals surface area contributed by atoms with Crippen LogP contribution < -0.4 is 0 Å². The Balaban J connectivity index is 1.79. The van der Waals surface area contributed by atoms with Crippen molar-refractivity contribution in [2.75, 3.05) is 13.1 Å². The van der Waals surface area contributed by atoms with E-state index in [9.17, 15) is 14.7 Å². The Morgan fingerprint density at radius 2 is 1.72 bits per heavy atom. The van der Waals surface area contributed by atoms with Gasteiger partial charge in [0, 0.05) is 25.5 Å². The average Bonchev–Trinajstić information content (AvgIpc) is 2.68. The fourth-order valence-corrected chi connectivity index (χ4v) is 3.76. The van der Waals surface area contributed by atoms with Crippen molar-refractivity contribution in [1.82, 2.24) is 9.88 Å². The lowest BCUT2D eigenvalue weighted by atomic mass is 9.73. The average molecular weight is 396 g/mol. The molecule has 1 N–H and O–H groups in total. The Hall–Kier alpha value is -2.89. The summed E-state index contributed by atoms with van der Waals surface area (Å²) in [4.78, 5) is 30.3. The molecular weight excluding hydrogens is 368 g/mol. The molecule has 0 atom stereocenters. The molecular formula is C23H28N2O4. The molecule has 154 valence electrons. The summed E-state index contributed by atoms with van der Waals surface area (Å²) in [6.07, 6.45) is 4.30. The molecule has 0 radical (unpaired) electrons. The van der Waals surface area contributed by atoms with Crippen molar-refractivity contribution in [3.05, 3.63) is 54.4 Å². The molecule has 0 spiro atoms. The van der Waals surface area contributed by atoms with Crippen LogP contribution in [0.25, 0.3) is 11.1 Å².